The number of rotatable bonds is 5. The molecule has 2 unspecified atom stereocenters. The number of nitrogens with one attached hydrogen (secondary N) is 1. The smallest absolute Gasteiger partial charge is 0.0700 e. The Morgan fingerprint density at radius 2 is 2.37 bits per heavy atom. The first-order chi connectivity index (χ1) is 9.38. The lowest BCUT2D eigenvalue weighted by molar-refractivity contribution is 0.106. The first-order valence-electron chi connectivity index (χ1n) is 7.39. The van der Waals surface area contributed by atoms with Gasteiger partial charge in [-0.15, -0.1) is 0 Å². The Labute approximate surface area is 113 Å². The number of hydrogen-bond donors (Lipinski definition) is 2. The molecular weight excluding hydrogens is 242 g/mol. The molecule has 5 nitrogen and oxygen atoms in total. The van der Waals surface area contributed by atoms with Crippen LogP contribution in [0.1, 0.15) is 43.0 Å². The van der Waals surface area contributed by atoms with Crippen molar-refractivity contribution in [3.63, 3.8) is 0 Å². The molecule has 0 bridgehead atoms. The van der Waals surface area contributed by atoms with Crippen molar-refractivity contribution in [3.05, 3.63) is 17.5 Å². The van der Waals surface area contributed by atoms with E-state index < -0.39 is 0 Å². The fraction of sp³-hybridized carbons (Fsp3) is 0.786. The van der Waals surface area contributed by atoms with E-state index in [4.69, 9.17) is 9.84 Å². The van der Waals surface area contributed by atoms with Gasteiger partial charge in [0.25, 0.3) is 0 Å². The topological polar surface area (TPSA) is 59.3 Å². The summed E-state index contributed by atoms with van der Waals surface area (Å²) in [5, 5.41) is 17.1. The van der Waals surface area contributed by atoms with Gasteiger partial charge in [-0.25, -0.2) is 0 Å². The van der Waals surface area contributed by atoms with Gasteiger partial charge in [-0.1, -0.05) is 0 Å². The molecule has 1 aliphatic carbocycles. The van der Waals surface area contributed by atoms with E-state index in [1.54, 1.807) is 0 Å². The van der Waals surface area contributed by atoms with Crippen LogP contribution >= 0.6 is 0 Å². The van der Waals surface area contributed by atoms with E-state index in [0.29, 0.717) is 18.7 Å². The maximum atomic E-state index is 9.06. The molecule has 1 aliphatic heterocycles. The van der Waals surface area contributed by atoms with Gasteiger partial charge in [0.1, 0.15) is 0 Å². The lowest BCUT2D eigenvalue weighted by Crippen LogP contribution is -2.32. The lowest BCUT2D eigenvalue weighted by Gasteiger charge is -2.25. The summed E-state index contributed by atoms with van der Waals surface area (Å²) < 4.78 is 7.61. The minimum atomic E-state index is 0.155. The second-order valence-corrected chi connectivity index (χ2v) is 5.48. The molecule has 106 valence electrons. The zero-order valence-corrected chi connectivity index (χ0v) is 11.3. The predicted octanol–water partition coefficient (Wildman–Crippen LogP) is 1.02. The van der Waals surface area contributed by atoms with Crippen molar-refractivity contribution < 1.29 is 9.84 Å². The Kier molecular flexibility index (Phi) is 4.15. The molecule has 1 aromatic rings. The molecule has 1 aromatic heterocycles. The van der Waals surface area contributed by atoms with E-state index in [1.807, 2.05) is 10.9 Å². The van der Waals surface area contributed by atoms with E-state index in [2.05, 4.69) is 10.4 Å². The van der Waals surface area contributed by atoms with Crippen molar-refractivity contribution in [2.75, 3.05) is 19.8 Å². The Balaban J connectivity index is 1.64. The molecule has 2 aliphatic rings. The van der Waals surface area contributed by atoms with Crippen molar-refractivity contribution in [3.8, 4) is 0 Å². The van der Waals surface area contributed by atoms with Gasteiger partial charge >= 0.3 is 0 Å². The second-order valence-electron chi connectivity index (χ2n) is 5.48. The maximum absolute atomic E-state index is 9.06. The summed E-state index contributed by atoms with van der Waals surface area (Å²) in [6, 6.07) is 0.403. The minimum absolute atomic E-state index is 0.155. The second kappa shape index (κ2) is 6.03. The van der Waals surface area contributed by atoms with E-state index in [1.165, 1.54) is 36.9 Å². The van der Waals surface area contributed by atoms with Gasteiger partial charge in [-0.3, -0.25) is 4.68 Å². The zero-order chi connectivity index (χ0) is 13.1. The Hall–Kier alpha value is -0.910. The molecule has 5 heteroatoms. The van der Waals surface area contributed by atoms with Crippen LogP contribution in [0.3, 0.4) is 0 Å². The average molecular weight is 265 g/mol. The first kappa shape index (κ1) is 13.1. The number of fused-ring (bicyclic) bond motifs is 1. The monoisotopic (exact) mass is 265 g/mol. The first-order valence-corrected chi connectivity index (χ1v) is 7.39. The van der Waals surface area contributed by atoms with Gasteiger partial charge in [0, 0.05) is 30.5 Å². The molecule has 0 radical (unpaired) electrons. The standard InChI is InChI=1S/C14H23N3O2/c18-7-6-17-14-5-1-4-13(12(14)10-16-17)15-9-11-3-2-8-19-11/h10-11,13,15,18H,1-9H2. The van der Waals surface area contributed by atoms with Crippen LogP contribution in [-0.4, -0.2) is 40.7 Å². The number of aliphatic hydroxyl groups excluding tert-OH is 1. The number of hydrogen-bond acceptors (Lipinski definition) is 4. The summed E-state index contributed by atoms with van der Waals surface area (Å²) in [7, 11) is 0. The van der Waals surface area contributed by atoms with Gasteiger partial charge in [-0.05, 0) is 32.1 Å². The molecule has 0 saturated carbocycles. The van der Waals surface area contributed by atoms with Crippen LogP contribution in [0.4, 0.5) is 0 Å². The molecular formula is C14H23N3O2. The zero-order valence-electron chi connectivity index (χ0n) is 11.3. The van der Waals surface area contributed by atoms with Gasteiger partial charge < -0.3 is 15.2 Å². The number of ether oxygens (including phenoxy) is 1. The van der Waals surface area contributed by atoms with Crippen molar-refractivity contribution in [1.82, 2.24) is 15.1 Å². The molecule has 3 rings (SSSR count). The molecule has 1 saturated heterocycles. The third-order valence-corrected chi connectivity index (χ3v) is 4.19. The number of aromatic nitrogens is 2. The maximum Gasteiger partial charge on any atom is 0.0700 e. The van der Waals surface area contributed by atoms with Crippen molar-refractivity contribution in [2.45, 2.75) is 50.8 Å². The van der Waals surface area contributed by atoms with E-state index in [9.17, 15) is 0 Å². The van der Waals surface area contributed by atoms with Crippen LogP contribution < -0.4 is 5.32 Å². The van der Waals surface area contributed by atoms with Crippen LogP contribution in [0.25, 0.3) is 0 Å². The van der Waals surface area contributed by atoms with E-state index >= 15 is 0 Å². The normalized spacial score (nSPS) is 26.6. The number of aliphatic hydroxyl groups is 1. The van der Waals surface area contributed by atoms with E-state index in [0.717, 1.165) is 19.6 Å². The summed E-state index contributed by atoms with van der Waals surface area (Å²) in [5.41, 5.74) is 2.61. The van der Waals surface area contributed by atoms with Gasteiger partial charge in [0.15, 0.2) is 0 Å². The SMILES string of the molecule is OCCn1ncc2c1CCCC2NCC1CCCO1. The van der Waals surface area contributed by atoms with Crippen LogP contribution in [0, 0.1) is 0 Å². The third-order valence-electron chi connectivity index (χ3n) is 4.19. The molecule has 2 heterocycles. The summed E-state index contributed by atoms with van der Waals surface area (Å²) in [5.74, 6) is 0. The van der Waals surface area contributed by atoms with Crippen LogP contribution in [0.5, 0.6) is 0 Å². The van der Waals surface area contributed by atoms with Crippen LogP contribution in [-0.2, 0) is 17.7 Å². The van der Waals surface area contributed by atoms with Crippen LogP contribution in [0.2, 0.25) is 0 Å². The minimum Gasteiger partial charge on any atom is -0.394 e. The molecule has 0 aromatic carbocycles. The fourth-order valence-corrected chi connectivity index (χ4v) is 3.20. The molecule has 0 spiro atoms. The van der Waals surface area contributed by atoms with Gasteiger partial charge in [0.05, 0.1) is 25.5 Å². The molecule has 2 atom stereocenters. The average Bonchev–Trinajstić information content (AvgIpc) is 3.07. The Morgan fingerprint density at radius 1 is 1.42 bits per heavy atom. The summed E-state index contributed by atoms with van der Waals surface area (Å²) in [4.78, 5) is 0. The van der Waals surface area contributed by atoms with Gasteiger partial charge in [0.2, 0.25) is 0 Å². The summed E-state index contributed by atoms with van der Waals surface area (Å²) >= 11 is 0. The summed E-state index contributed by atoms with van der Waals surface area (Å²) in [6.45, 7) is 2.61. The highest BCUT2D eigenvalue weighted by Crippen LogP contribution is 2.29. The van der Waals surface area contributed by atoms with Crippen molar-refractivity contribution in [2.24, 2.45) is 0 Å². The fourth-order valence-electron chi connectivity index (χ4n) is 3.20. The molecule has 0 amide bonds. The molecule has 2 N–H and O–H groups in total. The van der Waals surface area contributed by atoms with Crippen molar-refractivity contribution >= 4 is 0 Å². The van der Waals surface area contributed by atoms with Gasteiger partial charge in [-0.2, -0.15) is 5.10 Å². The third kappa shape index (κ3) is 2.83. The largest absolute Gasteiger partial charge is 0.394 e. The van der Waals surface area contributed by atoms with E-state index in [-0.39, 0.29) is 6.61 Å². The highest BCUT2D eigenvalue weighted by Gasteiger charge is 2.25. The van der Waals surface area contributed by atoms with Crippen molar-refractivity contribution in [1.29, 1.82) is 0 Å². The number of nitrogens with zero attached hydrogens (tertiary/aromatic N) is 2. The highest BCUT2D eigenvalue weighted by molar-refractivity contribution is 5.25. The summed E-state index contributed by atoms with van der Waals surface area (Å²) in [6.07, 6.45) is 8.16. The quantitative estimate of drug-likeness (QED) is 0.834. The highest BCUT2D eigenvalue weighted by atomic mass is 16.5. The molecule has 19 heavy (non-hydrogen) atoms. The Bertz CT molecular complexity index is 413. The van der Waals surface area contributed by atoms with Crippen LogP contribution in [0.15, 0.2) is 6.20 Å². The Morgan fingerprint density at radius 3 is 3.16 bits per heavy atom. The predicted molar refractivity (Wildman–Crippen MR) is 72.0 cm³/mol. The molecule has 1 fully saturated rings. The lowest BCUT2D eigenvalue weighted by atomic mass is 9.93.